The van der Waals surface area contributed by atoms with E-state index in [4.69, 9.17) is 0 Å². The number of nitrogens with zero attached hydrogens (tertiary/aromatic N) is 4. The first-order valence-corrected chi connectivity index (χ1v) is 9.80. The Morgan fingerprint density at radius 2 is 2.08 bits per heavy atom. The van der Waals surface area contributed by atoms with Crippen LogP contribution in [0.5, 0.6) is 0 Å². The molecule has 24 heavy (non-hydrogen) atoms. The van der Waals surface area contributed by atoms with Crippen LogP contribution in [0.25, 0.3) is 0 Å². The SMILES string of the molecule is CCc1nnc(NCC2CCCN(C)C2c2cccs2)nc1CC. The number of anilines is 1. The lowest BCUT2D eigenvalue weighted by atomic mass is 9.88. The van der Waals surface area contributed by atoms with Crippen LogP contribution in [0.1, 0.15) is 49.0 Å². The number of piperidine rings is 1. The first-order valence-electron chi connectivity index (χ1n) is 8.92. The molecule has 3 heterocycles. The number of nitrogens with one attached hydrogen (secondary N) is 1. The molecule has 1 N–H and O–H groups in total. The van der Waals surface area contributed by atoms with E-state index < -0.39 is 0 Å². The first-order chi connectivity index (χ1) is 11.7. The molecule has 130 valence electrons. The van der Waals surface area contributed by atoms with Crippen LogP contribution < -0.4 is 5.32 Å². The molecule has 0 bridgehead atoms. The van der Waals surface area contributed by atoms with Gasteiger partial charge in [-0.3, -0.25) is 4.90 Å². The molecule has 1 saturated heterocycles. The van der Waals surface area contributed by atoms with E-state index in [1.807, 2.05) is 11.3 Å². The van der Waals surface area contributed by atoms with Crippen molar-refractivity contribution in [3.8, 4) is 0 Å². The molecule has 2 unspecified atom stereocenters. The third-order valence-electron chi connectivity index (χ3n) is 4.87. The van der Waals surface area contributed by atoms with Crippen LogP contribution >= 0.6 is 11.3 Å². The summed E-state index contributed by atoms with van der Waals surface area (Å²) in [4.78, 5) is 8.60. The van der Waals surface area contributed by atoms with Gasteiger partial charge in [-0.05, 0) is 56.6 Å². The van der Waals surface area contributed by atoms with E-state index in [9.17, 15) is 0 Å². The zero-order valence-electron chi connectivity index (χ0n) is 14.8. The lowest BCUT2D eigenvalue weighted by Crippen LogP contribution is -2.38. The maximum absolute atomic E-state index is 4.66. The van der Waals surface area contributed by atoms with E-state index in [2.05, 4.69) is 63.8 Å². The highest BCUT2D eigenvalue weighted by Gasteiger charge is 2.31. The van der Waals surface area contributed by atoms with Gasteiger partial charge in [0.15, 0.2) is 0 Å². The highest BCUT2D eigenvalue weighted by Crippen LogP contribution is 2.37. The topological polar surface area (TPSA) is 53.9 Å². The van der Waals surface area contributed by atoms with E-state index in [1.165, 1.54) is 24.3 Å². The van der Waals surface area contributed by atoms with Crippen molar-refractivity contribution in [2.24, 2.45) is 5.92 Å². The fourth-order valence-electron chi connectivity index (χ4n) is 3.62. The lowest BCUT2D eigenvalue weighted by molar-refractivity contribution is 0.130. The van der Waals surface area contributed by atoms with Crippen LogP contribution in [-0.4, -0.2) is 40.2 Å². The summed E-state index contributed by atoms with van der Waals surface area (Å²) in [7, 11) is 2.24. The predicted molar refractivity (Wildman–Crippen MR) is 99.5 cm³/mol. The number of thiophene rings is 1. The minimum absolute atomic E-state index is 0.486. The molecule has 2 aromatic rings. The van der Waals surface area contributed by atoms with Gasteiger partial charge in [-0.15, -0.1) is 16.4 Å². The summed E-state index contributed by atoms with van der Waals surface area (Å²) in [6.45, 7) is 6.28. The normalized spacial score (nSPS) is 21.8. The maximum Gasteiger partial charge on any atom is 0.242 e. The Labute approximate surface area is 148 Å². The Kier molecular flexibility index (Phi) is 5.79. The van der Waals surface area contributed by atoms with Crippen LogP contribution in [0.4, 0.5) is 5.95 Å². The molecule has 0 aliphatic carbocycles. The molecule has 2 atom stereocenters. The molecule has 2 aromatic heterocycles. The van der Waals surface area contributed by atoms with Crippen LogP contribution in [0, 0.1) is 5.92 Å². The Morgan fingerprint density at radius 1 is 1.25 bits per heavy atom. The van der Waals surface area contributed by atoms with Gasteiger partial charge in [0.1, 0.15) is 0 Å². The molecule has 1 aliphatic rings. The maximum atomic E-state index is 4.66. The van der Waals surface area contributed by atoms with E-state index >= 15 is 0 Å². The van der Waals surface area contributed by atoms with Crippen molar-refractivity contribution in [1.29, 1.82) is 0 Å². The minimum atomic E-state index is 0.486. The van der Waals surface area contributed by atoms with Gasteiger partial charge in [0.2, 0.25) is 5.95 Å². The van der Waals surface area contributed by atoms with Crippen molar-refractivity contribution in [2.75, 3.05) is 25.5 Å². The van der Waals surface area contributed by atoms with Gasteiger partial charge in [0.05, 0.1) is 11.4 Å². The minimum Gasteiger partial charge on any atom is -0.353 e. The van der Waals surface area contributed by atoms with Crippen molar-refractivity contribution < 1.29 is 0 Å². The van der Waals surface area contributed by atoms with Gasteiger partial charge in [0.25, 0.3) is 0 Å². The zero-order chi connectivity index (χ0) is 16.9. The summed E-state index contributed by atoms with van der Waals surface area (Å²) in [5.74, 6) is 1.24. The smallest absolute Gasteiger partial charge is 0.242 e. The second-order valence-electron chi connectivity index (χ2n) is 6.46. The molecule has 6 heteroatoms. The zero-order valence-corrected chi connectivity index (χ0v) is 15.6. The van der Waals surface area contributed by atoms with E-state index in [-0.39, 0.29) is 0 Å². The summed E-state index contributed by atoms with van der Waals surface area (Å²) < 4.78 is 0. The van der Waals surface area contributed by atoms with Crippen LogP contribution in [0.2, 0.25) is 0 Å². The average molecular weight is 346 g/mol. The Balaban J connectivity index is 1.70. The van der Waals surface area contributed by atoms with Gasteiger partial charge in [-0.25, -0.2) is 4.98 Å². The Bertz CT molecular complexity index is 643. The number of aryl methyl sites for hydroxylation is 2. The summed E-state index contributed by atoms with van der Waals surface area (Å²) in [6.07, 6.45) is 4.27. The molecule has 5 nitrogen and oxygen atoms in total. The molecular weight excluding hydrogens is 318 g/mol. The van der Waals surface area contributed by atoms with Gasteiger partial charge < -0.3 is 5.32 Å². The Hall–Kier alpha value is -1.53. The summed E-state index contributed by atoms with van der Waals surface area (Å²) in [6, 6.07) is 4.89. The van der Waals surface area contributed by atoms with Crippen LogP contribution in [-0.2, 0) is 12.8 Å². The molecule has 1 fully saturated rings. The Morgan fingerprint density at radius 3 is 2.79 bits per heavy atom. The highest BCUT2D eigenvalue weighted by atomic mass is 32.1. The predicted octanol–water partition coefficient (Wildman–Crippen LogP) is 3.55. The second kappa shape index (κ2) is 8.03. The summed E-state index contributed by atoms with van der Waals surface area (Å²) >= 11 is 1.86. The van der Waals surface area contributed by atoms with Crippen molar-refractivity contribution in [3.63, 3.8) is 0 Å². The molecule has 0 aromatic carbocycles. The molecule has 3 rings (SSSR count). The van der Waals surface area contributed by atoms with Crippen LogP contribution in [0.3, 0.4) is 0 Å². The largest absolute Gasteiger partial charge is 0.353 e. The van der Waals surface area contributed by atoms with Crippen molar-refractivity contribution in [2.45, 2.75) is 45.6 Å². The third-order valence-corrected chi connectivity index (χ3v) is 5.82. The summed E-state index contributed by atoms with van der Waals surface area (Å²) in [5.41, 5.74) is 2.07. The van der Waals surface area contributed by atoms with E-state index in [0.29, 0.717) is 17.9 Å². The molecule has 1 aliphatic heterocycles. The number of likely N-dealkylation sites (tertiary alicyclic amines) is 1. The van der Waals surface area contributed by atoms with E-state index in [1.54, 1.807) is 0 Å². The average Bonchev–Trinajstić information content (AvgIpc) is 3.13. The third kappa shape index (κ3) is 3.75. The fourth-order valence-corrected chi connectivity index (χ4v) is 4.60. The highest BCUT2D eigenvalue weighted by molar-refractivity contribution is 7.10. The van der Waals surface area contributed by atoms with Crippen molar-refractivity contribution >= 4 is 17.3 Å². The second-order valence-corrected chi connectivity index (χ2v) is 7.44. The number of hydrogen-bond donors (Lipinski definition) is 1. The molecule has 0 radical (unpaired) electrons. The number of aromatic nitrogens is 3. The fraction of sp³-hybridized carbons (Fsp3) is 0.611. The van der Waals surface area contributed by atoms with Gasteiger partial charge in [-0.2, -0.15) is 5.10 Å². The summed E-state index contributed by atoms with van der Waals surface area (Å²) in [5, 5.41) is 14.2. The quantitative estimate of drug-likeness (QED) is 0.868. The van der Waals surface area contributed by atoms with Crippen LogP contribution in [0.15, 0.2) is 17.5 Å². The lowest BCUT2D eigenvalue weighted by Gasteiger charge is -2.38. The van der Waals surface area contributed by atoms with Crippen molar-refractivity contribution in [1.82, 2.24) is 20.1 Å². The molecule has 0 saturated carbocycles. The monoisotopic (exact) mass is 345 g/mol. The standard InChI is InChI=1S/C18H27N5S/c1-4-14-15(5-2)21-22-18(20-14)19-12-13-8-6-10-23(3)17(13)16-9-7-11-24-16/h7,9,11,13,17H,4-6,8,10,12H2,1-3H3,(H,19,20,22). The van der Waals surface area contributed by atoms with Gasteiger partial charge >= 0.3 is 0 Å². The van der Waals surface area contributed by atoms with Gasteiger partial charge in [-0.1, -0.05) is 19.9 Å². The van der Waals surface area contributed by atoms with Gasteiger partial charge in [0, 0.05) is 17.5 Å². The number of rotatable bonds is 6. The van der Waals surface area contributed by atoms with Crippen molar-refractivity contribution in [3.05, 3.63) is 33.8 Å². The number of hydrogen-bond acceptors (Lipinski definition) is 6. The van der Waals surface area contributed by atoms with E-state index in [0.717, 1.165) is 30.8 Å². The molecule has 0 amide bonds. The first kappa shape index (κ1) is 17.3. The molecule has 0 spiro atoms. The molecular formula is C18H27N5S.